The Kier molecular flexibility index (Phi) is 3.09. The minimum absolute atomic E-state index is 0.287. The van der Waals surface area contributed by atoms with Crippen molar-refractivity contribution in [3.05, 3.63) is 30.3 Å². The second-order valence-corrected chi connectivity index (χ2v) is 9.81. The van der Waals surface area contributed by atoms with Crippen LogP contribution in [0.25, 0.3) is 0 Å². The number of hydrogen-bond donors (Lipinski definition) is 0. The van der Waals surface area contributed by atoms with Gasteiger partial charge in [0.25, 0.3) is 0 Å². The predicted molar refractivity (Wildman–Crippen MR) is 49.1 cm³/mol. The molecule has 0 N–H and O–H groups in total. The molecule has 1 rings (SSSR count). The molecule has 1 aromatic rings. The standard InChI is InChI=1S/C9H12F2Te/c1-8(2)12(10,11)9-6-4-3-5-7-9/h3-8H,1-2H3. The Hall–Kier alpha value is -0.130. The van der Waals surface area contributed by atoms with E-state index in [-0.39, 0.29) is 3.61 Å². The molecule has 0 spiro atoms. The van der Waals surface area contributed by atoms with Gasteiger partial charge in [-0.25, -0.2) is 0 Å². The Morgan fingerprint density at radius 3 is 2.00 bits per heavy atom. The van der Waals surface area contributed by atoms with E-state index in [1.54, 1.807) is 44.2 Å². The fraction of sp³-hybridized carbons (Fsp3) is 0.333. The second kappa shape index (κ2) is 3.72. The van der Waals surface area contributed by atoms with Gasteiger partial charge < -0.3 is 0 Å². The van der Waals surface area contributed by atoms with Crippen LogP contribution in [0.3, 0.4) is 0 Å². The molecule has 0 radical (unpaired) electrons. The molecule has 0 fully saturated rings. The van der Waals surface area contributed by atoms with Crippen molar-refractivity contribution in [3.8, 4) is 0 Å². The summed E-state index contributed by atoms with van der Waals surface area (Å²) in [6.45, 7) is 3.21. The summed E-state index contributed by atoms with van der Waals surface area (Å²) in [5, 5.41) is 0. The van der Waals surface area contributed by atoms with Crippen LogP contribution in [-0.2, 0) is 0 Å². The molecular weight excluding hydrogens is 274 g/mol. The molecule has 0 aromatic heterocycles. The van der Waals surface area contributed by atoms with Crippen LogP contribution in [0.2, 0.25) is 3.97 Å². The first-order chi connectivity index (χ1) is 5.55. The molecule has 1 aromatic carbocycles. The molecule has 0 saturated carbocycles. The summed E-state index contributed by atoms with van der Waals surface area (Å²) >= 11 is -4.69. The molecule has 0 aliphatic rings. The maximum atomic E-state index is 13.5. The van der Waals surface area contributed by atoms with Crippen LogP contribution < -0.4 is 3.61 Å². The zero-order valence-electron chi connectivity index (χ0n) is 7.13. The molecule has 0 heterocycles. The van der Waals surface area contributed by atoms with E-state index in [1.165, 1.54) is 0 Å². The van der Waals surface area contributed by atoms with Crippen LogP contribution >= 0.6 is 0 Å². The summed E-state index contributed by atoms with van der Waals surface area (Å²) in [6.07, 6.45) is 0. The van der Waals surface area contributed by atoms with Gasteiger partial charge in [-0.05, 0) is 0 Å². The zero-order valence-corrected chi connectivity index (χ0v) is 9.46. The summed E-state index contributed by atoms with van der Waals surface area (Å²) in [7, 11) is 0. The third-order valence-corrected chi connectivity index (χ3v) is 7.60. The first-order valence-electron chi connectivity index (χ1n) is 3.81. The maximum absolute atomic E-state index is 13.5. The Morgan fingerprint density at radius 2 is 1.58 bits per heavy atom. The molecule has 0 aliphatic carbocycles. The first kappa shape index (κ1) is 9.95. The van der Waals surface area contributed by atoms with Gasteiger partial charge in [0, 0.05) is 0 Å². The van der Waals surface area contributed by atoms with E-state index < -0.39 is 23.3 Å². The first-order valence-corrected chi connectivity index (χ1v) is 8.09. The fourth-order valence-corrected chi connectivity index (χ4v) is 3.91. The fourth-order valence-electron chi connectivity index (χ4n) is 0.874. The minimum atomic E-state index is -4.69. The van der Waals surface area contributed by atoms with E-state index in [9.17, 15) is 5.78 Å². The molecule has 0 bridgehead atoms. The van der Waals surface area contributed by atoms with Crippen LogP contribution in [0.1, 0.15) is 13.8 Å². The number of hydrogen-bond acceptors (Lipinski definition) is 0. The monoisotopic (exact) mass is 288 g/mol. The number of rotatable bonds is 2. The van der Waals surface area contributed by atoms with Gasteiger partial charge >= 0.3 is 76.9 Å². The van der Waals surface area contributed by atoms with Gasteiger partial charge in [0.2, 0.25) is 0 Å². The van der Waals surface area contributed by atoms with Crippen LogP contribution in [0.4, 0.5) is 5.78 Å². The van der Waals surface area contributed by atoms with Crippen LogP contribution in [0, 0.1) is 0 Å². The van der Waals surface area contributed by atoms with Gasteiger partial charge in [-0.3, -0.25) is 0 Å². The Labute approximate surface area is 77.0 Å². The van der Waals surface area contributed by atoms with Crippen molar-refractivity contribution in [3.63, 3.8) is 0 Å². The van der Waals surface area contributed by atoms with Gasteiger partial charge in [-0.2, -0.15) is 0 Å². The topological polar surface area (TPSA) is 0 Å². The van der Waals surface area contributed by atoms with E-state index in [0.717, 1.165) is 0 Å². The van der Waals surface area contributed by atoms with Crippen molar-refractivity contribution >= 4 is 22.9 Å². The van der Waals surface area contributed by atoms with Crippen molar-refractivity contribution in [2.75, 3.05) is 0 Å². The van der Waals surface area contributed by atoms with Crippen LogP contribution in [0.5, 0.6) is 0 Å². The molecule has 68 valence electrons. The summed E-state index contributed by atoms with van der Waals surface area (Å²) in [5.41, 5.74) is 0. The van der Waals surface area contributed by atoms with E-state index in [4.69, 9.17) is 0 Å². The molecule has 0 amide bonds. The molecule has 0 atom stereocenters. The van der Waals surface area contributed by atoms with Gasteiger partial charge in [0.05, 0.1) is 0 Å². The molecule has 0 unspecified atom stereocenters. The Balaban J connectivity index is 2.98. The average molecular weight is 286 g/mol. The zero-order chi connectivity index (χ0) is 9.19. The van der Waals surface area contributed by atoms with Crippen LogP contribution in [0.15, 0.2) is 30.3 Å². The van der Waals surface area contributed by atoms with Crippen molar-refractivity contribution in [2.45, 2.75) is 17.8 Å². The van der Waals surface area contributed by atoms with E-state index in [0.29, 0.717) is 0 Å². The van der Waals surface area contributed by atoms with Crippen molar-refractivity contribution in [2.24, 2.45) is 0 Å². The summed E-state index contributed by atoms with van der Waals surface area (Å²) in [6, 6.07) is 8.21. The average Bonchev–Trinajstić information content (AvgIpc) is 2.06. The Bertz CT molecular complexity index is 244. The van der Waals surface area contributed by atoms with E-state index in [1.807, 2.05) is 0 Å². The molecule has 0 saturated heterocycles. The molecule has 0 nitrogen and oxygen atoms in total. The second-order valence-electron chi connectivity index (χ2n) is 2.87. The van der Waals surface area contributed by atoms with Crippen LogP contribution in [-0.4, -0.2) is 19.3 Å². The van der Waals surface area contributed by atoms with Crippen molar-refractivity contribution < 1.29 is 5.78 Å². The SMILES string of the molecule is CC(C)[Te](F)(F)c1ccccc1. The quantitative estimate of drug-likeness (QED) is 0.733. The van der Waals surface area contributed by atoms with Gasteiger partial charge in [0.15, 0.2) is 0 Å². The van der Waals surface area contributed by atoms with Gasteiger partial charge in [-0.15, -0.1) is 0 Å². The Morgan fingerprint density at radius 1 is 1.08 bits per heavy atom. The number of halogens is 2. The summed E-state index contributed by atoms with van der Waals surface area (Å²) in [5.74, 6) is 0. The van der Waals surface area contributed by atoms with Crippen molar-refractivity contribution in [1.29, 1.82) is 0 Å². The van der Waals surface area contributed by atoms with Gasteiger partial charge in [-0.1, -0.05) is 0 Å². The molecule has 12 heavy (non-hydrogen) atoms. The third-order valence-electron chi connectivity index (χ3n) is 1.65. The van der Waals surface area contributed by atoms with E-state index in [2.05, 4.69) is 0 Å². The summed E-state index contributed by atoms with van der Waals surface area (Å²) < 4.78 is 26.8. The number of benzene rings is 1. The molecular formula is C9H12F2Te. The van der Waals surface area contributed by atoms with Crippen molar-refractivity contribution in [1.82, 2.24) is 0 Å². The third kappa shape index (κ3) is 1.97. The molecule has 0 aliphatic heterocycles. The van der Waals surface area contributed by atoms with E-state index >= 15 is 0 Å². The van der Waals surface area contributed by atoms with Gasteiger partial charge in [0.1, 0.15) is 0 Å². The predicted octanol–water partition coefficient (Wildman–Crippen LogP) is 2.68. The normalized spacial score (nSPS) is 13.4. The molecule has 3 heteroatoms. The summed E-state index contributed by atoms with van der Waals surface area (Å²) in [4.78, 5) is 0.